The third kappa shape index (κ3) is 54.0. The van der Waals surface area contributed by atoms with Crippen molar-refractivity contribution in [3.05, 3.63) is 85.1 Å². The Morgan fingerprint density at radius 3 is 1.34 bits per heavy atom. The van der Waals surface area contributed by atoms with Gasteiger partial charge in [0, 0.05) is 12.8 Å². The quantitative estimate of drug-likeness (QED) is 0.0156. The van der Waals surface area contributed by atoms with Crippen molar-refractivity contribution in [1.82, 2.24) is 5.32 Å². The second-order valence-corrected chi connectivity index (χ2v) is 23.0. The van der Waals surface area contributed by atoms with Crippen LogP contribution in [-0.2, 0) is 27.9 Å². The van der Waals surface area contributed by atoms with Crippen LogP contribution in [0.25, 0.3) is 0 Å². The number of nitrogens with zero attached hydrogens (tertiary/aromatic N) is 1. The Bertz CT molecular complexity index is 1540. The lowest BCUT2D eigenvalue weighted by Crippen LogP contribution is -2.47. The number of esters is 1. The molecular formula is C64H116N2O7P+. The zero-order chi connectivity index (χ0) is 54.3. The lowest BCUT2D eigenvalue weighted by Gasteiger charge is -2.27. The molecule has 3 unspecified atom stereocenters. The molecule has 0 saturated carbocycles. The number of likely N-dealkylation sites (N-methyl/N-ethyl adjacent to an activating group) is 1. The highest BCUT2D eigenvalue weighted by molar-refractivity contribution is 7.47. The lowest BCUT2D eigenvalue weighted by atomic mass is 10.0. The maximum atomic E-state index is 13.5. The summed E-state index contributed by atoms with van der Waals surface area (Å²) in [7, 11) is 1.45. The molecule has 0 aliphatic rings. The van der Waals surface area contributed by atoms with Gasteiger partial charge in [-0.2, -0.15) is 0 Å². The molecule has 74 heavy (non-hydrogen) atoms. The van der Waals surface area contributed by atoms with Gasteiger partial charge in [-0.3, -0.25) is 18.6 Å². The number of nitrogens with one attached hydrogen (secondary N) is 1. The van der Waals surface area contributed by atoms with Crippen molar-refractivity contribution in [1.29, 1.82) is 0 Å². The van der Waals surface area contributed by atoms with Crippen molar-refractivity contribution in [3.8, 4) is 0 Å². The molecule has 0 heterocycles. The molecule has 0 bridgehead atoms. The summed E-state index contributed by atoms with van der Waals surface area (Å²) in [6.45, 7) is 6.93. The predicted molar refractivity (Wildman–Crippen MR) is 318 cm³/mol. The molecular weight excluding hydrogens is 940 g/mol. The van der Waals surface area contributed by atoms with Crippen LogP contribution < -0.4 is 5.32 Å². The van der Waals surface area contributed by atoms with Gasteiger partial charge in [-0.15, -0.1) is 0 Å². The number of unbranched alkanes of at least 4 members (excludes halogenated alkanes) is 27. The van der Waals surface area contributed by atoms with Crippen LogP contribution in [0, 0.1) is 0 Å². The number of quaternary nitrogens is 1. The minimum absolute atomic E-state index is 0.0265. The molecule has 0 aliphatic carbocycles. The molecule has 0 fully saturated rings. The number of allylic oxidation sites excluding steroid dienone is 13. The first-order valence-electron chi connectivity index (χ1n) is 30.4. The molecule has 0 aliphatic heterocycles. The largest absolute Gasteiger partial charge is 0.472 e. The monoisotopic (exact) mass is 1060 g/mol. The van der Waals surface area contributed by atoms with Crippen LogP contribution in [0.2, 0.25) is 0 Å². The van der Waals surface area contributed by atoms with Crippen LogP contribution in [0.15, 0.2) is 85.1 Å². The number of hydrogen-bond donors (Lipinski definition) is 2. The second-order valence-electron chi connectivity index (χ2n) is 21.5. The predicted octanol–water partition coefficient (Wildman–Crippen LogP) is 18.6. The topological polar surface area (TPSA) is 111 Å². The molecule has 3 atom stereocenters. The molecule has 0 radical (unpaired) electrons. The van der Waals surface area contributed by atoms with E-state index in [-0.39, 0.29) is 37.9 Å². The third-order valence-corrected chi connectivity index (χ3v) is 14.1. The Balaban J connectivity index is 5.44. The van der Waals surface area contributed by atoms with Gasteiger partial charge >= 0.3 is 13.8 Å². The summed E-state index contributed by atoms with van der Waals surface area (Å²) in [6, 6.07) is -0.879. The molecule has 0 spiro atoms. The molecule has 2 N–H and O–H groups in total. The maximum Gasteiger partial charge on any atom is 0.472 e. The van der Waals surface area contributed by atoms with Gasteiger partial charge in [0.15, 0.2) is 0 Å². The summed E-state index contributed by atoms with van der Waals surface area (Å²) in [5.74, 6) is -0.573. The first-order valence-corrected chi connectivity index (χ1v) is 31.9. The van der Waals surface area contributed by atoms with Gasteiger partial charge in [-0.1, -0.05) is 228 Å². The van der Waals surface area contributed by atoms with E-state index >= 15 is 0 Å². The van der Waals surface area contributed by atoms with Crippen LogP contribution in [-0.4, -0.2) is 74.3 Å². The summed E-state index contributed by atoms with van der Waals surface area (Å²) >= 11 is 0. The molecule has 0 aromatic carbocycles. The van der Waals surface area contributed by atoms with Gasteiger partial charge in [0.2, 0.25) is 5.91 Å². The second kappa shape index (κ2) is 53.6. The number of carbonyl (C=O) groups is 2. The van der Waals surface area contributed by atoms with Gasteiger partial charge in [-0.05, 0) is 102 Å². The molecule has 0 rings (SSSR count). The average molecular weight is 1060 g/mol. The highest BCUT2D eigenvalue weighted by atomic mass is 31.2. The van der Waals surface area contributed by atoms with E-state index in [2.05, 4.69) is 99.0 Å². The summed E-state index contributed by atoms with van der Waals surface area (Å²) < 4.78 is 30.6. The minimum Gasteiger partial charge on any atom is -0.456 e. The van der Waals surface area contributed by atoms with Gasteiger partial charge in [0.1, 0.15) is 19.3 Å². The molecule has 9 nitrogen and oxygen atoms in total. The highest BCUT2D eigenvalue weighted by Crippen LogP contribution is 2.43. The Labute approximate surface area is 456 Å². The maximum absolute atomic E-state index is 13.5. The Kier molecular flexibility index (Phi) is 51.5. The number of rotatable bonds is 54. The number of amides is 1. The summed E-state index contributed by atoms with van der Waals surface area (Å²) in [4.78, 5) is 37.7. The molecule has 0 aromatic rings. The molecule has 0 saturated heterocycles. The van der Waals surface area contributed by atoms with Gasteiger partial charge < -0.3 is 19.4 Å². The van der Waals surface area contributed by atoms with Crippen molar-refractivity contribution in [3.63, 3.8) is 0 Å². The summed E-state index contributed by atoms with van der Waals surface area (Å²) in [5, 5.41) is 3.03. The van der Waals surface area contributed by atoms with Gasteiger partial charge in [0.25, 0.3) is 0 Å². The lowest BCUT2D eigenvalue weighted by molar-refractivity contribution is -0.870. The van der Waals surface area contributed by atoms with E-state index in [0.717, 1.165) is 83.5 Å². The van der Waals surface area contributed by atoms with Crippen LogP contribution in [0.3, 0.4) is 0 Å². The first kappa shape index (κ1) is 71.2. The van der Waals surface area contributed by atoms with E-state index in [1.54, 1.807) is 0 Å². The van der Waals surface area contributed by atoms with Crippen LogP contribution >= 0.6 is 7.82 Å². The van der Waals surface area contributed by atoms with Gasteiger partial charge in [-0.25, -0.2) is 4.57 Å². The van der Waals surface area contributed by atoms with Crippen molar-refractivity contribution in [2.24, 2.45) is 0 Å². The van der Waals surface area contributed by atoms with Crippen LogP contribution in [0.1, 0.15) is 258 Å². The first-order chi connectivity index (χ1) is 35.9. The number of hydrogen-bond acceptors (Lipinski definition) is 6. The normalized spacial score (nSPS) is 14.3. The van der Waals surface area contributed by atoms with Crippen LogP contribution in [0.4, 0.5) is 0 Å². The summed E-state index contributed by atoms with van der Waals surface area (Å²) in [6.07, 6.45) is 70.1. The molecule has 10 heteroatoms. The van der Waals surface area contributed by atoms with Gasteiger partial charge in [0.05, 0.1) is 33.8 Å². The fraction of sp³-hybridized carbons (Fsp3) is 0.750. The van der Waals surface area contributed by atoms with E-state index in [4.69, 9.17) is 13.8 Å². The van der Waals surface area contributed by atoms with Crippen molar-refractivity contribution >= 4 is 19.7 Å². The zero-order valence-corrected chi connectivity index (χ0v) is 49.7. The molecule has 428 valence electrons. The standard InChI is InChI=1S/C64H115N2O7P/c1-7-10-13-16-19-22-25-28-30-32-33-34-36-39-42-45-48-51-54-57-64(68)73-62(55-52-49-46-43-40-37-27-24-21-18-15-12-9-3)61(60-72-74(69,70)71-59-58-66(4,5)6)65-63(67)56-53-50-47-44-41-38-35-31-29-26-23-20-17-14-11-8-2/h19,22,28,30-31,33-35,38-39,41-42,52,55,61-62H,7-18,20-21,23-27,29,32,36-37,40,43-51,53-54,56-60H2,1-6H3,(H-,65,67,69,70)/p+1/b22-19-,30-28-,34-33-,35-31+,41-38+,42-39-,55-52+. The number of phosphoric ester groups is 1. The SMILES string of the molecule is CCCCC/C=C\C/C=C\C/C=C\C/C=C\CCCCCC(=O)OC(/C=C/CCCCCCCCCCCCC)C(COP(=O)(O)OCC[N+](C)(C)C)NC(=O)CCCCC/C=C/C=C/CCCCCCCCC. The zero-order valence-electron chi connectivity index (χ0n) is 48.8. The van der Waals surface area contributed by atoms with Crippen LogP contribution in [0.5, 0.6) is 0 Å². The van der Waals surface area contributed by atoms with E-state index in [9.17, 15) is 19.0 Å². The van der Waals surface area contributed by atoms with E-state index in [0.29, 0.717) is 23.9 Å². The van der Waals surface area contributed by atoms with Crippen molar-refractivity contribution < 1.29 is 37.3 Å². The number of carbonyl (C=O) groups excluding carboxylic acids is 2. The molecule has 1 amide bonds. The number of phosphoric acid groups is 1. The Morgan fingerprint density at radius 2 is 0.865 bits per heavy atom. The summed E-state index contributed by atoms with van der Waals surface area (Å²) in [5.41, 5.74) is 0. The third-order valence-electron chi connectivity index (χ3n) is 13.1. The smallest absolute Gasteiger partial charge is 0.456 e. The number of ether oxygens (including phenoxy) is 1. The minimum atomic E-state index is -4.47. The Hall–Kier alpha value is -2.81. The fourth-order valence-electron chi connectivity index (χ4n) is 8.33. The van der Waals surface area contributed by atoms with E-state index < -0.39 is 20.0 Å². The molecule has 0 aromatic heterocycles. The average Bonchev–Trinajstić information content (AvgIpc) is 3.36. The Morgan fingerprint density at radius 1 is 0.486 bits per heavy atom. The highest BCUT2D eigenvalue weighted by Gasteiger charge is 2.30. The fourth-order valence-corrected chi connectivity index (χ4v) is 9.06. The van der Waals surface area contributed by atoms with Crippen molar-refractivity contribution in [2.75, 3.05) is 40.9 Å². The van der Waals surface area contributed by atoms with E-state index in [1.807, 2.05) is 33.3 Å². The van der Waals surface area contributed by atoms with E-state index in [1.165, 1.54) is 128 Å². The van der Waals surface area contributed by atoms with Crippen molar-refractivity contribution in [2.45, 2.75) is 270 Å².